The number of carbonyl (C=O) groups excluding carboxylic acids is 1. The summed E-state index contributed by atoms with van der Waals surface area (Å²) in [5.74, 6) is 0. The number of amides is 1. The highest BCUT2D eigenvalue weighted by Crippen LogP contribution is 2.27. The average Bonchev–Trinajstić information content (AvgIpc) is 2.16. The van der Waals surface area contributed by atoms with E-state index in [9.17, 15) is 4.79 Å². The zero-order valence-electron chi connectivity index (χ0n) is 5.81. The summed E-state index contributed by atoms with van der Waals surface area (Å²) in [6.07, 6.45) is 5.62. The molecule has 0 heterocycles. The van der Waals surface area contributed by atoms with Gasteiger partial charge in [-0.3, -0.25) is 4.79 Å². The zero-order valence-corrected chi connectivity index (χ0v) is 5.81. The number of nitrogens with one attached hydrogen (secondary N) is 1. The van der Waals surface area contributed by atoms with Crippen LogP contribution in [0, 0.1) is 0 Å². The Morgan fingerprint density at radius 3 is 2.44 bits per heavy atom. The van der Waals surface area contributed by atoms with Crippen molar-refractivity contribution in [1.82, 2.24) is 5.32 Å². The molecule has 0 aliphatic heterocycles. The minimum Gasteiger partial charge on any atom is -0.354 e. The minimum absolute atomic E-state index is 0.127. The lowest BCUT2D eigenvalue weighted by Crippen LogP contribution is -2.38. The zero-order chi connectivity index (χ0) is 6.74. The number of carbonyl (C=O) groups is 1. The van der Waals surface area contributed by atoms with Crippen LogP contribution in [0.1, 0.15) is 32.6 Å². The van der Waals surface area contributed by atoms with Gasteiger partial charge in [-0.25, -0.2) is 0 Å². The highest BCUT2D eigenvalue weighted by Gasteiger charge is 2.26. The van der Waals surface area contributed by atoms with E-state index in [1.54, 1.807) is 0 Å². The van der Waals surface area contributed by atoms with Crippen molar-refractivity contribution in [2.45, 2.75) is 38.1 Å². The van der Waals surface area contributed by atoms with E-state index >= 15 is 0 Å². The number of hydrogen-bond donors (Lipinski definition) is 1. The van der Waals surface area contributed by atoms with Gasteiger partial charge in [0.2, 0.25) is 6.41 Å². The Morgan fingerprint density at radius 1 is 1.44 bits per heavy atom. The lowest BCUT2D eigenvalue weighted by molar-refractivity contribution is -0.111. The minimum atomic E-state index is 0.127. The molecule has 0 aromatic heterocycles. The molecule has 0 aromatic carbocycles. The first-order valence-electron chi connectivity index (χ1n) is 3.48. The van der Waals surface area contributed by atoms with Gasteiger partial charge in [0.25, 0.3) is 0 Å². The average molecular weight is 127 g/mol. The predicted molar refractivity (Wildman–Crippen MR) is 36.1 cm³/mol. The second kappa shape index (κ2) is 2.38. The SMILES string of the molecule is CC1(NC=O)CCCC1. The van der Waals surface area contributed by atoms with Crippen LogP contribution in [0.2, 0.25) is 0 Å². The van der Waals surface area contributed by atoms with Crippen LogP contribution in [-0.2, 0) is 4.79 Å². The van der Waals surface area contributed by atoms with Gasteiger partial charge in [-0.05, 0) is 19.8 Å². The maximum Gasteiger partial charge on any atom is 0.207 e. The molecule has 52 valence electrons. The molecule has 9 heavy (non-hydrogen) atoms. The van der Waals surface area contributed by atoms with Gasteiger partial charge in [-0.1, -0.05) is 12.8 Å². The first-order chi connectivity index (χ1) is 4.27. The number of hydrogen-bond acceptors (Lipinski definition) is 1. The Labute approximate surface area is 55.6 Å². The first kappa shape index (κ1) is 6.59. The van der Waals surface area contributed by atoms with Crippen molar-refractivity contribution in [2.75, 3.05) is 0 Å². The van der Waals surface area contributed by atoms with Crippen molar-refractivity contribution in [2.24, 2.45) is 0 Å². The van der Waals surface area contributed by atoms with Gasteiger partial charge in [0.1, 0.15) is 0 Å². The van der Waals surface area contributed by atoms with Crippen LogP contribution < -0.4 is 5.32 Å². The molecule has 0 unspecified atom stereocenters. The molecule has 1 amide bonds. The summed E-state index contributed by atoms with van der Waals surface area (Å²) < 4.78 is 0. The van der Waals surface area contributed by atoms with Gasteiger partial charge in [-0.15, -0.1) is 0 Å². The second-order valence-corrected chi connectivity index (χ2v) is 3.03. The predicted octanol–water partition coefficient (Wildman–Crippen LogP) is 1.07. The molecule has 0 aromatic rings. The molecule has 1 rings (SSSR count). The molecular weight excluding hydrogens is 114 g/mol. The fourth-order valence-electron chi connectivity index (χ4n) is 1.44. The maximum atomic E-state index is 10.1. The van der Waals surface area contributed by atoms with Crippen molar-refractivity contribution >= 4 is 6.41 Å². The summed E-state index contributed by atoms with van der Waals surface area (Å²) in [5.41, 5.74) is 0.127. The van der Waals surface area contributed by atoms with Crippen LogP contribution in [0.25, 0.3) is 0 Å². The third kappa shape index (κ3) is 1.44. The quantitative estimate of drug-likeness (QED) is 0.552. The summed E-state index contributed by atoms with van der Waals surface area (Å²) in [6.45, 7) is 2.11. The molecule has 1 saturated carbocycles. The molecule has 1 fully saturated rings. The van der Waals surface area contributed by atoms with Crippen LogP contribution in [0.4, 0.5) is 0 Å². The molecule has 1 aliphatic rings. The highest BCUT2D eigenvalue weighted by atomic mass is 16.1. The molecule has 0 radical (unpaired) electrons. The molecule has 0 spiro atoms. The highest BCUT2D eigenvalue weighted by molar-refractivity contribution is 5.47. The van der Waals surface area contributed by atoms with E-state index in [2.05, 4.69) is 12.2 Å². The van der Waals surface area contributed by atoms with Crippen molar-refractivity contribution in [3.05, 3.63) is 0 Å². The first-order valence-corrected chi connectivity index (χ1v) is 3.48. The molecular formula is C7H13NO. The van der Waals surface area contributed by atoms with Crippen LogP contribution in [0.5, 0.6) is 0 Å². The molecule has 1 aliphatic carbocycles. The third-order valence-corrected chi connectivity index (χ3v) is 2.11. The van der Waals surface area contributed by atoms with Gasteiger partial charge in [0.15, 0.2) is 0 Å². The summed E-state index contributed by atoms with van der Waals surface area (Å²) in [5, 5.41) is 2.84. The maximum absolute atomic E-state index is 10.1. The van der Waals surface area contributed by atoms with E-state index in [1.165, 1.54) is 12.8 Å². The Balaban J connectivity index is 2.40. The Morgan fingerprint density at radius 2 is 2.00 bits per heavy atom. The van der Waals surface area contributed by atoms with E-state index in [-0.39, 0.29) is 5.54 Å². The van der Waals surface area contributed by atoms with E-state index in [0.717, 1.165) is 19.3 Å². The summed E-state index contributed by atoms with van der Waals surface area (Å²) in [7, 11) is 0. The van der Waals surface area contributed by atoms with E-state index in [0.29, 0.717) is 0 Å². The van der Waals surface area contributed by atoms with Crippen LogP contribution in [0.3, 0.4) is 0 Å². The summed E-state index contributed by atoms with van der Waals surface area (Å²) in [6, 6.07) is 0. The second-order valence-electron chi connectivity index (χ2n) is 3.03. The Hall–Kier alpha value is -0.530. The lowest BCUT2D eigenvalue weighted by Gasteiger charge is -2.21. The van der Waals surface area contributed by atoms with Crippen LogP contribution in [-0.4, -0.2) is 11.9 Å². The van der Waals surface area contributed by atoms with E-state index in [4.69, 9.17) is 0 Å². The Kier molecular flexibility index (Phi) is 1.74. The fourth-order valence-corrected chi connectivity index (χ4v) is 1.44. The Bertz CT molecular complexity index is 105. The van der Waals surface area contributed by atoms with Gasteiger partial charge in [0, 0.05) is 5.54 Å². The molecule has 0 atom stereocenters. The van der Waals surface area contributed by atoms with Gasteiger partial charge < -0.3 is 5.32 Å². The lowest BCUT2D eigenvalue weighted by atomic mass is 10.0. The van der Waals surface area contributed by atoms with Crippen molar-refractivity contribution < 1.29 is 4.79 Å². The van der Waals surface area contributed by atoms with Gasteiger partial charge in [-0.2, -0.15) is 0 Å². The normalized spacial score (nSPS) is 23.7. The van der Waals surface area contributed by atoms with Crippen LogP contribution in [0.15, 0.2) is 0 Å². The van der Waals surface area contributed by atoms with Crippen LogP contribution >= 0.6 is 0 Å². The molecule has 0 bridgehead atoms. The third-order valence-electron chi connectivity index (χ3n) is 2.11. The fraction of sp³-hybridized carbons (Fsp3) is 0.857. The van der Waals surface area contributed by atoms with Gasteiger partial charge in [0.05, 0.1) is 0 Å². The van der Waals surface area contributed by atoms with Crippen molar-refractivity contribution in [3.8, 4) is 0 Å². The van der Waals surface area contributed by atoms with Crippen molar-refractivity contribution in [1.29, 1.82) is 0 Å². The number of rotatable bonds is 2. The van der Waals surface area contributed by atoms with Crippen molar-refractivity contribution in [3.63, 3.8) is 0 Å². The largest absolute Gasteiger partial charge is 0.354 e. The van der Waals surface area contributed by atoms with E-state index < -0.39 is 0 Å². The standard InChI is InChI=1S/C7H13NO/c1-7(8-6-9)4-2-3-5-7/h6H,2-5H2,1H3,(H,8,9). The summed E-state index contributed by atoms with van der Waals surface area (Å²) >= 11 is 0. The molecule has 2 heteroatoms. The van der Waals surface area contributed by atoms with Gasteiger partial charge >= 0.3 is 0 Å². The monoisotopic (exact) mass is 127 g/mol. The topological polar surface area (TPSA) is 29.1 Å². The smallest absolute Gasteiger partial charge is 0.207 e. The molecule has 0 saturated heterocycles. The molecule has 1 N–H and O–H groups in total. The molecule has 2 nitrogen and oxygen atoms in total. The van der Waals surface area contributed by atoms with E-state index in [1.807, 2.05) is 0 Å². The summed E-state index contributed by atoms with van der Waals surface area (Å²) in [4.78, 5) is 10.1.